The van der Waals surface area contributed by atoms with Gasteiger partial charge in [-0.1, -0.05) is 39.7 Å². The summed E-state index contributed by atoms with van der Waals surface area (Å²) >= 11 is 9.45. The minimum atomic E-state index is -0.621. The Morgan fingerprint density at radius 1 is 0.941 bits per heavy atom. The lowest BCUT2D eigenvalue weighted by molar-refractivity contribution is 0.0734. The second-order valence-electron chi connectivity index (χ2n) is 6.66. The van der Waals surface area contributed by atoms with Crippen molar-refractivity contribution in [1.82, 2.24) is 5.43 Å². The summed E-state index contributed by atoms with van der Waals surface area (Å²) in [6, 6.07) is 14.6. The quantitative estimate of drug-likeness (QED) is 0.182. The summed E-state index contributed by atoms with van der Waals surface area (Å²) in [4.78, 5) is 25.2. The Bertz CT molecular complexity index is 1220. The van der Waals surface area contributed by atoms with Gasteiger partial charge in [-0.05, 0) is 42.5 Å². The second kappa shape index (κ2) is 11.5. The van der Waals surface area contributed by atoms with Gasteiger partial charge >= 0.3 is 5.97 Å². The Labute approximate surface area is 209 Å². The molecule has 0 fully saturated rings. The molecule has 10 heteroatoms. The molecular formula is C24H20BrClN2O6. The molecule has 0 aliphatic carbocycles. The van der Waals surface area contributed by atoms with Gasteiger partial charge in [-0.15, -0.1) is 0 Å². The van der Waals surface area contributed by atoms with Crippen LogP contribution in [0.3, 0.4) is 0 Å². The standard InChI is InChI=1S/C24H20BrClN2O6/c1-31-20-11-14(12-21(32-2)22(20)33-3)23(29)28-27-13-15-10-16(25)8-9-19(15)34-24(30)17-6-4-5-7-18(17)26/h4-13H,1-3H3,(H,28,29)/b27-13-. The van der Waals surface area contributed by atoms with Crippen LogP contribution in [0.1, 0.15) is 26.3 Å². The van der Waals surface area contributed by atoms with Gasteiger partial charge in [0.05, 0.1) is 38.1 Å². The van der Waals surface area contributed by atoms with E-state index in [0.29, 0.717) is 22.8 Å². The van der Waals surface area contributed by atoms with Crippen LogP contribution in [0, 0.1) is 0 Å². The number of methoxy groups -OCH3 is 3. The van der Waals surface area contributed by atoms with Crippen LogP contribution in [-0.2, 0) is 0 Å². The number of carbonyl (C=O) groups is 2. The molecule has 176 valence electrons. The minimum Gasteiger partial charge on any atom is -0.493 e. The van der Waals surface area contributed by atoms with Gasteiger partial charge in [0, 0.05) is 15.6 Å². The number of hydrazone groups is 1. The third-order valence-corrected chi connectivity index (χ3v) is 5.39. The van der Waals surface area contributed by atoms with Gasteiger partial charge in [0.2, 0.25) is 5.75 Å². The first-order valence-corrected chi connectivity index (χ1v) is 10.9. The van der Waals surface area contributed by atoms with Gasteiger partial charge in [-0.3, -0.25) is 4.79 Å². The topological polar surface area (TPSA) is 95.5 Å². The Morgan fingerprint density at radius 2 is 1.62 bits per heavy atom. The number of carbonyl (C=O) groups excluding carboxylic acids is 2. The van der Waals surface area contributed by atoms with Gasteiger partial charge in [-0.2, -0.15) is 5.10 Å². The fraction of sp³-hybridized carbons (Fsp3) is 0.125. The molecule has 3 rings (SSSR count). The summed E-state index contributed by atoms with van der Waals surface area (Å²) < 4.78 is 22.0. The van der Waals surface area contributed by atoms with Crippen LogP contribution in [-0.4, -0.2) is 39.4 Å². The Hall–Kier alpha value is -3.56. The fourth-order valence-electron chi connectivity index (χ4n) is 2.93. The normalized spacial score (nSPS) is 10.6. The molecule has 0 atom stereocenters. The number of hydrogen-bond acceptors (Lipinski definition) is 7. The Kier molecular flexibility index (Phi) is 8.50. The first kappa shape index (κ1) is 25.1. The van der Waals surface area contributed by atoms with Crippen molar-refractivity contribution in [3.05, 3.63) is 80.8 Å². The molecule has 0 radical (unpaired) electrons. The first-order chi connectivity index (χ1) is 16.4. The van der Waals surface area contributed by atoms with Crippen LogP contribution in [0.15, 0.2) is 64.2 Å². The predicted octanol–water partition coefficient (Wildman–Crippen LogP) is 5.11. The van der Waals surface area contributed by atoms with E-state index < -0.39 is 11.9 Å². The maximum atomic E-state index is 12.6. The van der Waals surface area contributed by atoms with Crippen molar-refractivity contribution in [2.45, 2.75) is 0 Å². The largest absolute Gasteiger partial charge is 0.493 e. The van der Waals surface area contributed by atoms with Crippen molar-refractivity contribution in [3.8, 4) is 23.0 Å². The van der Waals surface area contributed by atoms with E-state index in [1.54, 1.807) is 42.5 Å². The molecule has 0 spiro atoms. The van der Waals surface area contributed by atoms with Crippen molar-refractivity contribution in [2.24, 2.45) is 5.10 Å². The molecule has 0 aliphatic heterocycles. The van der Waals surface area contributed by atoms with E-state index in [1.165, 1.54) is 39.7 Å². The SMILES string of the molecule is COc1cc(C(=O)N/N=C\c2cc(Br)ccc2OC(=O)c2ccccc2Cl)cc(OC)c1OC. The molecule has 1 N–H and O–H groups in total. The number of rotatable bonds is 8. The summed E-state index contributed by atoms with van der Waals surface area (Å²) in [6.07, 6.45) is 1.36. The number of esters is 1. The molecule has 8 nitrogen and oxygen atoms in total. The highest BCUT2D eigenvalue weighted by molar-refractivity contribution is 9.10. The predicted molar refractivity (Wildman–Crippen MR) is 132 cm³/mol. The fourth-order valence-corrected chi connectivity index (χ4v) is 3.52. The number of halogens is 2. The van der Waals surface area contributed by atoms with Crippen molar-refractivity contribution in [1.29, 1.82) is 0 Å². The molecular weight excluding hydrogens is 528 g/mol. The Balaban J connectivity index is 1.80. The number of hydrogen-bond donors (Lipinski definition) is 1. The van der Waals surface area contributed by atoms with Crippen molar-refractivity contribution in [3.63, 3.8) is 0 Å². The molecule has 0 aliphatic rings. The summed E-state index contributed by atoms with van der Waals surface area (Å²) in [5.74, 6) is 0.126. The number of nitrogens with one attached hydrogen (secondary N) is 1. The summed E-state index contributed by atoms with van der Waals surface area (Å²) in [5.41, 5.74) is 3.34. The average molecular weight is 548 g/mol. The molecule has 0 unspecified atom stereocenters. The van der Waals surface area contributed by atoms with E-state index in [4.69, 9.17) is 30.5 Å². The molecule has 3 aromatic rings. The first-order valence-electron chi connectivity index (χ1n) is 9.77. The maximum absolute atomic E-state index is 12.6. The molecule has 3 aromatic carbocycles. The third kappa shape index (κ3) is 5.86. The van der Waals surface area contributed by atoms with Crippen molar-refractivity contribution < 1.29 is 28.5 Å². The van der Waals surface area contributed by atoms with Crippen LogP contribution < -0.4 is 24.4 Å². The van der Waals surface area contributed by atoms with Crippen LogP contribution in [0.5, 0.6) is 23.0 Å². The maximum Gasteiger partial charge on any atom is 0.345 e. The number of nitrogens with zero attached hydrogens (tertiary/aromatic N) is 1. The van der Waals surface area contributed by atoms with E-state index in [1.807, 2.05) is 0 Å². The van der Waals surface area contributed by atoms with Crippen LogP contribution in [0.25, 0.3) is 0 Å². The highest BCUT2D eigenvalue weighted by Gasteiger charge is 2.17. The Morgan fingerprint density at radius 3 is 2.24 bits per heavy atom. The van der Waals surface area contributed by atoms with E-state index in [-0.39, 0.29) is 21.9 Å². The summed E-state index contributed by atoms with van der Waals surface area (Å²) in [5, 5.41) is 4.27. The van der Waals surface area contributed by atoms with Gasteiger partial charge in [0.15, 0.2) is 11.5 Å². The molecule has 0 bridgehead atoms. The summed E-state index contributed by atoms with van der Waals surface area (Å²) in [7, 11) is 4.38. The van der Waals surface area contributed by atoms with Crippen LogP contribution >= 0.6 is 27.5 Å². The van der Waals surface area contributed by atoms with Crippen molar-refractivity contribution in [2.75, 3.05) is 21.3 Å². The van der Waals surface area contributed by atoms with E-state index in [0.717, 1.165) is 4.47 Å². The highest BCUT2D eigenvalue weighted by Crippen LogP contribution is 2.38. The van der Waals surface area contributed by atoms with Crippen LogP contribution in [0.4, 0.5) is 0 Å². The number of benzene rings is 3. The lowest BCUT2D eigenvalue weighted by Crippen LogP contribution is -2.18. The lowest BCUT2D eigenvalue weighted by atomic mass is 10.1. The zero-order valence-electron chi connectivity index (χ0n) is 18.4. The highest BCUT2D eigenvalue weighted by atomic mass is 79.9. The molecule has 0 heterocycles. The average Bonchev–Trinajstić information content (AvgIpc) is 2.84. The molecule has 0 aromatic heterocycles. The zero-order valence-corrected chi connectivity index (χ0v) is 20.8. The van der Waals surface area contributed by atoms with Gasteiger partial charge in [0.1, 0.15) is 5.75 Å². The lowest BCUT2D eigenvalue weighted by Gasteiger charge is -2.13. The van der Waals surface area contributed by atoms with E-state index >= 15 is 0 Å². The molecule has 0 saturated heterocycles. The molecule has 34 heavy (non-hydrogen) atoms. The molecule has 1 amide bonds. The smallest absolute Gasteiger partial charge is 0.345 e. The van der Waals surface area contributed by atoms with E-state index in [2.05, 4.69) is 26.5 Å². The van der Waals surface area contributed by atoms with Gasteiger partial charge < -0.3 is 18.9 Å². The summed E-state index contributed by atoms with van der Waals surface area (Å²) in [6.45, 7) is 0. The third-order valence-electron chi connectivity index (χ3n) is 4.56. The van der Waals surface area contributed by atoms with Crippen molar-refractivity contribution >= 4 is 45.6 Å². The molecule has 0 saturated carbocycles. The minimum absolute atomic E-state index is 0.227. The van der Waals surface area contributed by atoms with Crippen LogP contribution in [0.2, 0.25) is 5.02 Å². The zero-order chi connectivity index (χ0) is 24.7. The number of amides is 1. The van der Waals surface area contributed by atoms with E-state index in [9.17, 15) is 9.59 Å². The number of ether oxygens (including phenoxy) is 4. The van der Waals surface area contributed by atoms with Gasteiger partial charge in [0.25, 0.3) is 5.91 Å². The van der Waals surface area contributed by atoms with Gasteiger partial charge in [-0.25, -0.2) is 10.2 Å². The second-order valence-corrected chi connectivity index (χ2v) is 7.99. The monoisotopic (exact) mass is 546 g/mol.